The molecule has 0 fully saturated rings. The molecule has 1 aromatic carbocycles. The van der Waals surface area contributed by atoms with Crippen molar-refractivity contribution in [2.75, 3.05) is 5.43 Å². The Hall–Kier alpha value is -2.61. The van der Waals surface area contributed by atoms with E-state index in [9.17, 15) is 0 Å². The molecular formula is C14H14N4O. The zero-order valence-electron chi connectivity index (χ0n) is 10.8. The quantitative estimate of drug-likeness (QED) is 0.672. The van der Waals surface area contributed by atoms with E-state index in [0.29, 0.717) is 5.89 Å². The predicted molar refractivity (Wildman–Crippen MR) is 73.0 cm³/mol. The van der Waals surface area contributed by atoms with Crippen molar-refractivity contribution < 1.29 is 4.42 Å². The van der Waals surface area contributed by atoms with Gasteiger partial charge in [0.25, 0.3) is 5.88 Å². The third-order valence-electron chi connectivity index (χ3n) is 2.61. The minimum atomic E-state index is 0.205. The van der Waals surface area contributed by atoms with Crippen molar-refractivity contribution in [1.82, 2.24) is 4.98 Å². The molecule has 0 aliphatic carbocycles. The fourth-order valence-corrected chi connectivity index (χ4v) is 1.58. The standard InChI is InChI=1S/C14H14N4O/c1-3-11-4-6-12(7-5-11)9-16-18-14-13(8-15)17-10(2)19-14/h4-7,9,18H,3H2,1-2H3. The maximum atomic E-state index is 8.84. The molecule has 1 heterocycles. The van der Waals surface area contributed by atoms with Crippen LogP contribution in [-0.4, -0.2) is 11.2 Å². The molecule has 0 aliphatic rings. The van der Waals surface area contributed by atoms with E-state index in [1.165, 1.54) is 5.56 Å². The first-order valence-corrected chi connectivity index (χ1v) is 5.98. The molecule has 0 bridgehead atoms. The number of nitriles is 1. The van der Waals surface area contributed by atoms with E-state index in [1.807, 2.05) is 18.2 Å². The third kappa shape index (κ3) is 3.19. The van der Waals surface area contributed by atoms with Gasteiger partial charge in [0.05, 0.1) is 6.21 Å². The Balaban J connectivity index is 2.04. The molecule has 1 N–H and O–H groups in total. The normalized spacial score (nSPS) is 10.6. The molecule has 0 spiro atoms. The first kappa shape index (κ1) is 12.8. The molecule has 2 rings (SSSR count). The summed E-state index contributed by atoms with van der Waals surface area (Å²) in [6.07, 6.45) is 2.68. The Morgan fingerprint density at radius 3 is 2.79 bits per heavy atom. The number of rotatable bonds is 4. The largest absolute Gasteiger partial charge is 0.422 e. The van der Waals surface area contributed by atoms with Gasteiger partial charge in [-0.2, -0.15) is 10.4 Å². The van der Waals surface area contributed by atoms with Crippen LogP contribution in [0.25, 0.3) is 0 Å². The fraction of sp³-hybridized carbons (Fsp3) is 0.214. The highest BCUT2D eigenvalue weighted by atomic mass is 16.4. The first-order chi connectivity index (χ1) is 9.22. The monoisotopic (exact) mass is 254 g/mol. The maximum absolute atomic E-state index is 8.84. The van der Waals surface area contributed by atoms with Crippen LogP contribution in [0.4, 0.5) is 5.88 Å². The van der Waals surface area contributed by atoms with Gasteiger partial charge in [-0.25, -0.2) is 10.4 Å². The van der Waals surface area contributed by atoms with Gasteiger partial charge in [-0.15, -0.1) is 0 Å². The van der Waals surface area contributed by atoms with Gasteiger partial charge >= 0.3 is 0 Å². The molecule has 0 radical (unpaired) electrons. The molecule has 19 heavy (non-hydrogen) atoms. The second kappa shape index (κ2) is 5.83. The van der Waals surface area contributed by atoms with E-state index in [2.05, 4.69) is 34.6 Å². The molecule has 0 saturated carbocycles. The van der Waals surface area contributed by atoms with Crippen LogP contribution in [0.1, 0.15) is 29.6 Å². The average Bonchev–Trinajstić information content (AvgIpc) is 2.80. The zero-order chi connectivity index (χ0) is 13.7. The van der Waals surface area contributed by atoms with E-state index in [0.717, 1.165) is 12.0 Å². The summed E-state index contributed by atoms with van der Waals surface area (Å²) in [5.41, 5.74) is 5.14. The summed E-state index contributed by atoms with van der Waals surface area (Å²) in [6.45, 7) is 3.79. The van der Waals surface area contributed by atoms with Crippen LogP contribution in [-0.2, 0) is 6.42 Å². The van der Waals surface area contributed by atoms with E-state index >= 15 is 0 Å². The summed E-state index contributed by atoms with van der Waals surface area (Å²) >= 11 is 0. The molecule has 5 heteroatoms. The number of aromatic nitrogens is 1. The van der Waals surface area contributed by atoms with Crippen molar-refractivity contribution in [3.8, 4) is 6.07 Å². The molecule has 0 amide bonds. The highest BCUT2D eigenvalue weighted by Crippen LogP contribution is 2.15. The average molecular weight is 254 g/mol. The van der Waals surface area contributed by atoms with Crippen LogP contribution in [0.3, 0.4) is 0 Å². The van der Waals surface area contributed by atoms with E-state index in [1.54, 1.807) is 13.1 Å². The van der Waals surface area contributed by atoms with Gasteiger partial charge in [-0.3, -0.25) is 0 Å². The van der Waals surface area contributed by atoms with Crippen molar-refractivity contribution in [3.05, 3.63) is 47.0 Å². The molecule has 1 aromatic heterocycles. The van der Waals surface area contributed by atoms with Gasteiger partial charge in [0.1, 0.15) is 6.07 Å². The lowest BCUT2D eigenvalue weighted by molar-refractivity contribution is 0.533. The number of anilines is 1. The van der Waals surface area contributed by atoms with Crippen LogP contribution >= 0.6 is 0 Å². The number of oxazole rings is 1. The van der Waals surface area contributed by atoms with Crippen LogP contribution in [0, 0.1) is 18.3 Å². The molecule has 0 atom stereocenters. The second-order valence-corrected chi connectivity index (χ2v) is 3.99. The number of nitrogens with zero attached hydrogens (tertiary/aromatic N) is 3. The molecule has 96 valence electrons. The van der Waals surface area contributed by atoms with Gasteiger partial charge in [0.15, 0.2) is 5.89 Å². The summed E-state index contributed by atoms with van der Waals surface area (Å²) < 4.78 is 5.22. The van der Waals surface area contributed by atoms with Crippen molar-refractivity contribution in [2.45, 2.75) is 20.3 Å². The zero-order valence-corrected chi connectivity index (χ0v) is 10.8. The molecule has 0 unspecified atom stereocenters. The SMILES string of the molecule is CCc1ccc(C=NNc2oc(C)nc2C#N)cc1. The summed E-state index contributed by atoms with van der Waals surface area (Å²) in [6, 6.07) is 10.0. The number of nitrogens with one attached hydrogen (secondary N) is 1. The van der Waals surface area contributed by atoms with E-state index < -0.39 is 0 Å². The summed E-state index contributed by atoms with van der Waals surface area (Å²) in [7, 11) is 0. The lowest BCUT2D eigenvalue weighted by atomic mass is 10.1. The Morgan fingerprint density at radius 1 is 1.42 bits per heavy atom. The van der Waals surface area contributed by atoms with Gasteiger partial charge in [-0.05, 0) is 17.5 Å². The Kier molecular flexibility index (Phi) is 3.94. The summed E-state index contributed by atoms with van der Waals surface area (Å²) in [4.78, 5) is 3.91. The van der Waals surface area contributed by atoms with Gasteiger partial charge < -0.3 is 4.42 Å². The Morgan fingerprint density at radius 2 is 2.16 bits per heavy atom. The smallest absolute Gasteiger partial charge is 0.252 e. The van der Waals surface area contributed by atoms with Crippen LogP contribution < -0.4 is 5.43 Å². The number of hydrogen-bond acceptors (Lipinski definition) is 5. The van der Waals surface area contributed by atoms with E-state index in [-0.39, 0.29) is 11.6 Å². The number of hydrogen-bond donors (Lipinski definition) is 1. The molecule has 2 aromatic rings. The van der Waals surface area contributed by atoms with Gasteiger partial charge in [0.2, 0.25) is 5.69 Å². The Labute approximate surface area is 111 Å². The number of benzene rings is 1. The maximum Gasteiger partial charge on any atom is 0.252 e. The first-order valence-electron chi connectivity index (χ1n) is 5.98. The topological polar surface area (TPSA) is 74.2 Å². The Bertz CT molecular complexity index is 620. The highest BCUT2D eigenvalue weighted by Gasteiger charge is 2.08. The molecule has 0 aliphatic heterocycles. The minimum Gasteiger partial charge on any atom is -0.422 e. The van der Waals surface area contributed by atoms with Gasteiger partial charge in [0, 0.05) is 6.92 Å². The van der Waals surface area contributed by atoms with Crippen molar-refractivity contribution >= 4 is 12.1 Å². The molecular weight excluding hydrogens is 240 g/mol. The molecule has 0 saturated heterocycles. The number of aryl methyl sites for hydroxylation is 2. The summed E-state index contributed by atoms with van der Waals surface area (Å²) in [5, 5.41) is 12.9. The molecule has 5 nitrogen and oxygen atoms in total. The highest BCUT2D eigenvalue weighted by molar-refractivity contribution is 5.80. The van der Waals surface area contributed by atoms with Crippen LogP contribution in [0.15, 0.2) is 33.8 Å². The minimum absolute atomic E-state index is 0.205. The lowest BCUT2D eigenvalue weighted by Crippen LogP contribution is -1.91. The summed E-state index contributed by atoms with van der Waals surface area (Å²) in [5.74, 6) is 0.697. The van der Waals surface area contributed by atoms with Crippen LogP contribution in [0.5, 0.6) is 0 Å². The van der Waals surface area contributed by atoms with Crippen LogP contribution in [0.2, 0.25) is 0 Å². The van der Waals surface area contributed by atoms with Crippen molar-refractivity contribution in [3.63, 3.8) is 0 Å². The lowest BCUT2D eigenvalue weighted by Gasteiger charge is -1.97. The fourth-order valence-electron chi connectivity index (χ4n) is 1.58. The van der Waals surface area contributed by atoms with E-state index in [4.69, 9.17) is 9.68 Å². The van der Waals surface area contributed by atoms with Crippen molar-refractivity contribution in [2.24, 2.45) is 5.10 Å². The van der Waals surface area contributed by atoms with Crippen molar-refractivity contribution in [1.29, 1.82) is 5.26 Å². The van der Waals surface area contributed by atoms with Gasteiger partial charge in [-0.1, -0.05) is 31.2 Å². The predicted octanol–water partition coefficient (Wildman–Crippen LogP) is 2.86. The third-order valence-corrected chi connectivity index (χ3v) is 2.61. The number of hydrazone groups is 1. The second-order valence-electron chi connectivity index (χ2n) is 3.99.